The van der Waals surface area contributed by atoms with E-state index in [1.165, 1.54) is 0 Å². The Morgan fingerprint density at radius 3 is 1.91 bits per heavy atom. The molecule has 166 valence electrons. The molecular formula is C27H30N2O3. The van der Waals surface area contributed by atoms with E-state index in [-0.39, 0.29) is 24.5 Å². The van der Waals surface area contributed by atoms with E-state index in [1.807, 2.05) is 91.0 Å². The summed E-state index contributed by atoms with van der Waals surface area (Å²) in [7, 11) is 0. The van der Waals surface area contributed by atoms with E-state index in [2.05, 4.69) is 10.6 Å². The van der Waals surface area contributed by atoms with Gasteiger partial charge in [0, 0.05) is 13.2 Å². The average molecular weight is 431 g/mol. The molecule has 0 bridgehead atoms. The van der Waals surface area contributed by atoms with Gasteiger partial charge >= 0.3 is 6.03 Å². The van der Waals surface area contributed by atoms with Crippen molar-refractivity contribution in [2.24, 2.45) is 5.92 Å². The van der Waals surface area contributed by atoms with Crippen molar-refractivity contribution in [3.63, 3.8) is 0 Å². The number of aliphatic hydroxyl groups is 1. The number of rotatable bonds is 7. The van der Waals surface area contributed by atoms with Crippen LogP contribution in [0.2, 0.25) is 0 Å². The van der Waals surface area contributed by atoms with Crippen LogP contribution in [0, 0.1) is 5.92 Å². The molecule has 5 heteroatoms. The molecule has 0 aliphatic carbocycles. The normalized spacial score (nSPS) is 16.3. The van der Waals surface area contributed by atoms with Crippen LogP contribution in [0.4, 0.5) is 4.79 Å². The quantitative estimate of drug-likeness (QED) is 0.521. The van der Waals surface area contributed by atoms with Crippen LogP contribution < -0.4 is 10.6 Å². The zero-order valence-corrected chi connectivity index (χ0v) is 18.1. The Hall–Kier alpha value is -3.15. The van der Waals surface area contributed by atoms with E-state index in [0.717, 1.165) is 29.5 Å². The van der Waals surface area contributed by atoms with Gasteiger partial charge in [-0.3, -0.25) is 0 Å². The maximum atomic E-state index is 13.0. The number of carbonyl (C=O) groups is 1. The van der Waals surface area contributed by atoms with E-state index in [9.17, 15) is 9.90 Å². The van der Waals surface area contributed by atoms with Crippen molar-refractivity contribution in [3.05, 3.63) is 108 Å². The molecule has 0 spiro atoms. The number of benzene rings is 3. The lowest BCUT2D eigenvalue weighted by molar-refractivity contribution is -0.0676. The van der Waals surface area contributed by atoms with Crippen molar-refractivity contribution in [3.8, 4) is 0 Å². The van der Waals surface area contributed by atoms with Gasteiger partial charge in [-0.1, -0.05) is 91.0 Å². The Morgan fingerprint density at radius 1 is 0.875 bits per heavy atom. The van der Waals surface area contributed by atoms with Crippen LogP contribution in [0.1, 0.15) is 35.6 Å². The Morgan fingerprint density at radius 2 is 1.38 bits per heavy atom. The summed E-state index contributed by atoms with van der Waals surface area (Å²) in [6.45, 7) is 1.37. The highest BCUT2D eigenvalue weighted by atomic mass is 16.5. The summed E-state index contributed by atoms with van der Waals surface area (Å²) in [5.74, 6) is 0.0120. The average Bonchev–Trinajstić information content (AvgIpc) is 2.88. The van der Waals surface area contributed by atoms with Crippen LogP contribution in [0.5, 0.6) is 0 Å². The minimum absolute atomic E-state index is 0.0120. The Kier molecular flexibility index (Phi) is 7.20. The van der Waals surface area contributed by atoms with E-state index < -0.39 is 5.60 Å². The maximum Gasteiger partial charge on any atom is 0.315 e. The third kappa shape index (κ3) is 5.18. The summed E-state index contributed by atoms with van der Waals surface area (Å²) in [6, 6.07) is 28.8. The fourth-order valence-corrected chi connectivity index (χ4v) is 4.43. The second-order valence-corrected chi connectivity index (χ2v) is 8.26. The van der Waals surface area contributed by atoms with Gasteiger partial charge in [0.2, 0.25) is 0 Å². The van der Waals surface area contributed by atoms with Crippen LogP contribution in [0.3, 0.4) is 0 Å². The van der Waals surface area contributed by atoms with Gasteiger partial charge in [0.25, 0.3) is 0 Å². The smallest absolute Gasteiger partial charge is 0.315 e. The van der Waals surface area contributed by atoms with Gasteiger partial charge in [0.15, 0.2) is 0 Å². The molecule has 3 aromatic carbocycles. The van der Waals surface area contributed by atoms with Crippen LogP contribution in [-0.2, 0) is 10.3 Å². The number of amides is 2. The minimum atomic E-state index is -1.16. The van der Waals surface area contributed by atoms with Gasteiger partial charge in [-0.25, -0.2) is 4.79 Å². The van der Waals surface area contributed by atoms with Crippen molar-refractivity contribution >= 4 is 6.03 Å². The zero-order chi connectivity index (χ0) is 22.2. The molecular weight excluding hydrogens is 400 g/mol. The SMILES string of the molecule is O=C(NCC(O)(c1ccccc1)C1CCOCC1)NC(c1ccccc1)c1ccccc1. The molecule has 3 aromatic rings. The number of hydrogen-bond donors (Lipinski definition) is 3. The third-order valence-electron chi connectivity index (χ3n) is 6.23. The highest BCUT2D eigenvalue weighted by Gasteiger charge is 2.39. The highest BCUT2D eigenvalue weighted by molar-refractivity contribution is 5.75. The summed E-state index contributed by atoms with van der Waals surface area (Å²) in [4.78, 5) is 13.0. The van der Waals surface area contributed by atoms with Crippen LogP contribution in [0.25, 0.3) is 0 Å². The summed E-state index contributed by atoms with van der Waals surface area (Å²) in [6.07, 6.45) is 1.51. The van der Waals surface area contributed by atoms with Gasteiger partial charge in [-0.05, 0) is 35.4 Å². The van der Waals surface area contributed by atoms with E-state index in [1.54, 1.807) is 0 Å². The van der Waals surface area contributed by atoms with Gasteiger partial charge in [0.05, 0.1) is 12.6 Å². The van der Waals surface area contributed by atoms with Crippen molar-refractivity contribution in [1.29, 1.82) is 0 Å². The minimum Gasteiger partial charge on any atom is -0.383 e. The largest absolute Gasteiger partial charge is 0.383 e. The van der Waals surface area contributed by atoms with Crippen molar-refractivity contribution < 1.29 is 14.6 Å². The van der Waals surface area contributed by atoms with Crippen LogP contribution >= 0.6 is 0 Å². The van der Waals surface area contributed by atoms with Crippen LogP contribution in [0.15, 0.2) is 91.0 Å². The number of urea groups is 1. The third-order valence-corrected chi connectivity index (χ3v) is 6.23. The molecule has 1 saturated heterocycles. The number of carbonyl (C=O) groups excluding carboxylic acids is 1. The molecule has 0 radical (unpaired) electrons. The first-order valence-electron chi connectivity index (χ1n) is 11.2. The van der Waals surface area contributed by atoms with E-state index >= 15 is 0 Å². The fraction of sp³-hybridized carbons (Fsp3) is 0.296. The summed E-state index contributed by atoms with van der Waals surface area (Å²) >= 11 is 0. The molecule has 2 amide bonds. The molecule has 1 atom stereocenters. The second kappa shape index (κ2) is 10.4. The molecule has 3 N–H and O–H groups in total. The highest BCUT2D eigenvalue weighted by Crippen LogP contribution is 2.35. The molecule has 0 aromatic heterocycles. The molecule has 5 nitrogen and oxygen atoms in total. The van der Waals surface area contributed by atoms with Gasteiger partial charge in [0.1, 0.15) is 5.60 Å². The Labute approximate surface area is 189 Å². The Balaban J connectivity index is 1.51. The first-order chi connectivity index (χ1) is 15.7. The molecule has 1 aliphatic rings. The van der Waals surface area contributed by atoms with Gasteiger partial charge in [-0.15, -0.1) is 0 Å². The lowest BCUT2D eigenvalue weighted by atomic mass is 9.77. The molecule has 32 heavy (non-hydrogen) atoms. The number of nitrogens with one attached hydrogen (secondary N) is 2. The Bertz CT molecular complexity index is 936. The lowest BCUT2D eigenvalue weighted by Crippen LogP contribution is -2.50. The van der Waals surface area contributed by atoms with Gasteiger partial charge < -0.3 is 20.5 Å². The molecule has 4 rings (SSSR count). The van der Waals surface area contributed by atoms with Crippen molar-refractivity contribution in [1.82, 2.24) is 10.6 Å². The first kappa shape index (κ1) is 22.1. The van der Waals surface area contributed by atoms with E-state index in [4.69, 9.17) is 4.74 Å². The topological polar surface area (TPSA) is 70.6 Å². The van der Waals surface area contributed by atoms with Crippen molar-refractivity contribution in [2.45, 2.75) is 24.5 Å². The monoisotopic (exact) mass is 430 g/mol. The number of ether oxygens (including phenoxy) is 1. The predicted octanol–water partition coefficient (Wildman–Crippen LogP) is 4.39. The van der Waals surface area contributed by atoms with Crippen LogP contribution in [-0.4, -0.2) is 30.9 Å². The molecule has 1 fully saturated rings. The summed E-state index contributed by atoms with van der Waals surface area (Å²) in [5.41, 5.74) is 1.65. The maximum absolute atomic E-state index is 13.0. The predicted molar refractivity (Wildman–Crippen MR) is 125 cm³/mol. The molecule has 1 aliphatic heterocycles. The molecule has 1 unspecified atom stereocenters. The summed E-state index contributed by atoms with van der Waals surface area (Å²) in [5, 5.41) is 17.8. The molecule has 1 heterocycles. The van der Waals surface area contributed by atoms with Gasteiger partial charge in [-0.2, -0.15) is 0 Å². The standard InChI is InChI=1S/C27H30N2O3/c30-26(29-25(21-10-4-1-5-11-21)22-12-6-2-7-13-22)28-20-27(31,23-14-8-3-9-15-23)24-16-18-32-19-17-24/h1-15,24-25,31H,16-20H2,(H2,28,29,30). The molecule has 0 saturated carbocycles. The summed E-state index contributed by atoms with van der Waals surface area (Å²) < 4.78 is 5.50. The van der Waals surface area contributed by atoms with Crippen molar-refractivity contribution in [2.75, 3.05) is 19.8 Å². The number of hydrogen-bond acceptors (Lipinski definition) is 3. The second-order valence-electron chi connectivity index (χ2n) is 8.26. The van der Waals surface area contributed by atoms with E-state index in [0.29, 0.717) is 13.2 Å². The first-order valence-corrected chi connectivity index (χ1v) is 11.2. The lowest BCUT2D eigenvalue weighted by Gasteiger charge is -2.39. The fourth-order valence-electron chi connectivity index (χ4n) is 4.43. The zero-order valence-electron chi connectivity index (χ0n) is 18.1.